The molecule has 1 atom stereocenters. The number of nitrogens with zero attached hydrogens (tertiary/aromatic N) is 2. The molecule has 6 nitrogen and oxygen atoms in total. The number of carbonyl (C=O) groups is 1. The number of rotatable bonds is 3. The molecule has 116 valence electrons. The first-order valence-electron chi connectivity index (χ1n) is 7.05. The maximum atomic E-state index is 12.3. The normalized spacial score (nSPS) is 20.0. The van der Waals surface area contributed by atoms with Gasteiger partial charge in [-0.3, -0.25) is 9.48 Å². The summed E-state index contributed by atoms with van der Waals surface area (Å²) < 4.78 is 24.4. The monoisotopic (exact) mass is 319 g/mol. The minimum Gasteiger partial charge on any atom is -0.347 e. The molecule has 1 N–H and O–H groups in total. The maximum Gasteiger partial charge on any atom is 0.269 e. The van der Waals surface area contributed by atoms with Crippen molar-refractivity contribution >= 4 is 15.7 Å². The maximum absolute atomic E-state index is 12.3. The summed E-state index contributed by atoms with van der Waals surface area (Å²) in [4.78, 5) is 12.3. The highest BCUT2D eigenvalue weighted by Gasteiger charge is 2.29. The molecular weight excluding hydrogens is 302 g/mol. The SMILES string of the molecule is Cn1nc(-c2ccccc2)cc1C(=O)NC1CCS(=O)(=O)C1. The van der Waals surface area contributed by atoms with E-state index in [9.17, 15) is 13.2 Å². The van der Waals surface area contributed by atoms with E-state index in [4.69, 9.17) is 0 Å². The van der Waals surface area contributed by atoms with Crippen LogP contribution in [0.5, 0.6) is 0 Å². The van der Waals surface area contributed by atoms with Gasteiger partial charge in [0.25, 0.3) is 5.91 Å². The summed E-state index contributed by atoms with van der Waals surface area (Å²) in [6.07, 6.45) is 0.470. The van der Waals surface area contributed by atoms with Gasteiger partial charge in [-0.2, -0.15) is 5.10 Å². The summed E-state index contributed by atoms with van der Waals surface area (Å²) in [7, 11) is -1.31. The molecule has 3 rings (SSSR count). The molecule has 0 bridgehead atoms. The van der Waals surface area contributed by atoms with Gasteiger partial charge in [0.05, 0.1) is 17.2 Å². The summed E-state index contributed by atoms with van der Waals surface area (Å²) in [5.74, 6) is -0.139. The second-order valence-electron chi connectivity index (χ2n) is 5.48. The number of sulfone groups is 1. The Morgan fingerprint density at radius 2 is 2.05 bits per heavy atom. The van der Waals surface area contributed by atoms with E-state index in [-0.39, 0.29) is 23.5 Å². The van der Waals surface area contributed by atoms with Crippen LogP contribution in [0.25, 0.3) is 11.3 Å². The van der Waals surface area contributed by atoms with Crippen molar-refractivity contribution in [2.24, 2.45) is 7.05 Å². The molecule has 1 fully saturated rings. The highest BCUT2D eigenvalue weighted by molar-refractivity contribution is 7.91. The number of amides is 1. The predicted octanol–water partition coefficient (Wildman–Crippen LogP) is 1.00. The third kappa shape index (κ3) is 3.04. The summed E-state index contributed by atoms with van der Waals surface area (Å²) in [5, 5.41) is 7.12. The third-order valence-electron chi connectivity index (χ3n) is 3.75. The van der Waals surface area contributed by atoms with Crippen LogP contribution < -0.4 is 5.32 Å². The Labute approximate surface area is 129 Å². The molecule has 1 unspecified atom stereocenters. The molecule has 1 amide bonds. The highest BCUT2D eigenvalue weighted by atomic mass is 32.2. The standard InChI is InChI=1S/C15H17N3O3S/c1-18-14(9-13(17-18)11-5-3-2-4-6-11)15(19)16-12-7-8-22(20,21)10-12/h2-6,9,12H,7-8,10H2,1H3,(H,16,19). The summed E-state index contributed by atoms with van der Waals surface area (Å²) in [6.45, 7) is 0. The van der Waals surface area contributed by atoms with Crippen molar-refractivity contribution in [2.45, 2.75) is 12.5 Å². The fourth-order valence-electron chi connectivity index (χ4n) is 2.60. The Morgan fingerprint density at radius 3 is 2.68 bits per heavy atom. The first-order chi connectivity index (χ1) is 10.4. The predicted molar refractivity (Wildman–Crippen MR) is 83.2 cm³/mol. The number of aromatic nitrogens is 2. The topological polar surface area (TPSA) is 81.1 Å². The van der Waals surface area contributed by atoms with Crippen molar-refractivity contribution in [1.82, 2.24) is 15.1 Å². The minimum absolute atomic E-state index is 0.0160. The number of nitrogens with one attached hydrogen (secondary N) is 1. The van der Waals surface area contributed by atoms with E-state index in [1.165, 1.54) is 4.68 Å². The fraction of sp³-hybridized carbons (Fsp3) is 0.333. The molecule has 1 aromatic carbocycles. The summed E-state index contributed by atoms with van der Waals surface area (Å²) in [6, 6.07) is 11.0. The van der Waals surface area contributed by atoms with Crippen LogP contribution >= 0.6 is 0 Å². The molecule has 1 saturated heterocycles. The first-order valence-corrected chi connectivity index (χ1v) is 8.87. The van der Waals surface area contributed by atoms with E-state index in [1.54, 1.807) is 13.1 Å². The van der Waals surface area contributed by atoms with Crippen molar-refractivity contribution in [3.8, 4) is 11.3 Å². The van der Waals surface area contributed by atoms with Gasteiger partial charge in [0.1, 0.15) is 5.69 Å². The molecule has 0 spiro atoms. The molecule has 1 aliphatic heterocycles. The van der Waals surface area contributed by atoms with E-state index in [0.717, 1.165) is 5.56 Å². The summed E-state index contributed by atoms with van der Waals surface area (Å²) in [5.41, 5.74) is 2.07. The molecule has 2 heterocycles. The lowest BCUT2D eigenvalue weighted by Crippen LogP contribution is -2.36. The number of aryl methyl sites for hydroxylation is 1. The van der Waals surface area contributed by atoms with E-state index >= 15 is 0 Å². The zero-order valence-electron chi connectivity index (χ0n) is 12.2. The van der Waals surface area contributed by atoms with Gasteiger partial charge in [0.2, 0.25) is 0 Å². The van der Waals surface area contributed by atoms with Gasteiger partial charge in [-0.05, 0) is 12.5 Å². The Morgan fingerprint density at radius 1 is 1.32 bits per heavy atom. The molecule has 1 aliphatic rings. The largest absolute Gasteiger partial charge is 0.347 e. The van der Waals surface area contributed by atoms with Crippen LogP contribution in [0.4, 0.5) is 0 Å². The Hall–Kier alpha value is -2.15. The van der Waals surface area contributed by atoms with Crippen molar-refractivity contribution in [1.29, 1.82) is 0 Å². The van der Waals surface area contributed by atoms with Gasteiger partial charge in [-0.15, -0.1) is 0 Å². The van der Waals surface area contributed by atoms with Crippen LogP contribution in [0, 0.1) is 0 Å². The number of benzene rings is 1. The van der Waals surface area contributed by atoms with E-state index in [2.05, 4.69) is 10.4 Å². The number of hydrogen-bond acceptors (Lipinski definition) is 4. The van der Waals surface area contributed by atoms with E-state index < -0.39 is 9.84 Å². The minimum atomic E-state index is -3.01. The lowest BCUT2D eigenvalue weighted by atomic mass is 10.1. The smallest absolute Gasteiger partial charge is 0.269 e. The average Bonchev–Trinajstić information content (AvgIpc) is 3.02. The molecule has 0 aliphatic carbocycles. The van der Waals surface area contributed by atoms with Crippen LogP contribution in [0.3, 0.4) is 0 Å². The molecule has 2 aromatic rings. The Bertz CT molecular complexity index is 797. The van der Waals surface area contributed by atoms with Crippen LogP contribution in [-0.2, 0) is 16.9 Å². The molecule has 7 heteroatoms. The highest BCUT2D eigenvalue weighted by Crippen LogP contribution is 2.19. The van der Waals surface area contributed by atoms with E-state index in [1.807, 2.05) is 30.3 Å². The van der Waals surface area contributed by atoms with Crippen molar-refractivity contribution in [3.05, 3.63) is 42.1 Å². The molecule has 1 aromatic heterocycles. The Balaban J connectivity index is 1.78. The zero-order valence-corrected chi connectivity index (χ0v) is 13.0. The quantitative estimate of drug-likeness (QED) is 0.915. The first kappa shape index (κ1) is 14.8. The van der Waals surface area contributed by atoms with Crippen LogP contribution in [0.2, 0.25) is 0 Å². The molecule has 22 heavy (non-hydrogen) atoms. The van der Waals surface area contributed by atoms with Crippen LogP contribution in [0.1, 0.15) is 16.9 Å². The molecular formula is C15H17N3O3S. The van der Waals surface area contributed by atoms with Crippen LogP contribution in [-0.4, -0.2) is 41.7 Å². The van der Waals surface area contributed by atoms with Gasteiger partial charge in [0.15, 0.2) is 9.84 Å². The lowest BCUT2D eigenvalue weighted by Gasteiger charge is -2.10. The van der Waals surface area contributed by atoms with Gasteiger partial charge >= 0.3 is 0 Å². The second-order valence-corrected chi connectivity index (χ2v) is 7.71. The summed E-state index contributed by atoms with van der Waals surface area (Å²) >= 11 is 0. The van der Waals surface area contributed by atoms with Gasteiger partial charge in [-0.25, -0.2) is 8.42 Å². The van der Waals surface area contributed by atoms with E-state index in [0.29, 0.717) is 17.8 Å². The Kier molecular flexibility index (Phi) is 3.74. The second kappa shape index (κ2) is 5.57. The van der Waals surface area contributed by atoms with Crippen molar-refractivity contribution in [2.75, 3.05) is 11.5 Å². The van der Waals surface area contributed by atoms with Crippen molar-refractivity contribution in [3.63, 3.8) is 0 Å². The van der Waals surface area contributed by atoms with Gasteiger partial charge in [0, 0.05) is 18.7 Å². The van der Waals surface area contributed by atoms with Crippen LogP contribution in [0.15, 0.2) is 36.4 Å². The number of hydrogen-bond donors (Lipinski definition) is 1. The number of carbonyl (C=O) groups excluding carboxylic acids is 1. The third-order valence-corrected chi connectivity index (χ3v) is 5.52. The molecule has 0 saturated carbocycles. The van der Waals surface area contributed by atoms with Gasteiger partial charge in [-0.1, -0.05) is 30.3 Å². The van der Waals surface area contributed by atoms with Gasteiger partial charge < -0.3 is 5.32 Å². The van der Waals surface area contributed by atoms with Crippen molar-refractivity contribution < 1.29 is 13.2 Å². The fourth-order valence-corrected chi connectivity index (χ4v) is 4.27. The lowest BCUT2D eigenvalue weighted by molar-refractivity contribution is 0.0931. The zero-order chi connectivity index (χ0) is 15.7. The molecule has 0 radical (unpaired) electrons. The average molecular weight is 319 g/mol.